The molecule has 0 bridgehead atoms. The number of halogens is 3. The molecular formula is C2H2Br2ClNO. The van der Waals surface area contributed by atoms with Crippen LogP contribution in [0.4, 0.5) is 0 Å². The molecule has 5 heteroatoms. The predicted octanol–water partition coefficient (Wildman–Crippen LogP) is 1.67. The van der Waals surface area contributed by atoms with Crippen LogP contribution in [0.1, 0.15) is 0 Å². The lowest BCUT2D eigenvalue weighted by Gasteiger charge is -1.97. The van der Waals surface area contributed by atoms with Crippen molar-refractivity contribution in [3.8, 4) is 0 Å². The number of nitrogens with zero attached hydrogens (tertiary/aromatic N) is 1. The highest BCUT2D eigenvalue weighted by molar-refractivity contribution is 9.21. The Balaban J connectivity index is 3.35. The van der Waals surface area contributed by atoms with Crippen molar-refractivity contribution < 1.29 is 4.79 Å². The SMILES string of the molecule is O=C(CCl)N(Br)Br. The van der Waals surface area contributed by atoms with Gasteiger partial charge >= 0.3 is 0 Å². The van der Waals surface area contributed by atoms with Gasteiger partial charge in [0.15, 0.2) is 0 Å². The Morgan fingerprint density at radius 1 is 1.71 bits per heavy atom. The maximum atomic E-state index is 10.2. The van der Waals surface area contributed by atoms with Crippen LogP contribution >= 0.6 is 43.9 Å². The molecule has 0 atom stereocenters. The minimum Gasteiger partial charge on any atom is -0.272 e. The van der Waals surface area contributed by atoms with Crippen LogP contribution in [0.3, 0.4) is 0 Å². The maximum Gasteiger partial charge on any atom is 0.257 e. The summed E-state index contributed by atoms with van der Waals surface area (Å²) in [7, 11) is 0. The van der Waals surface area contributed by atoms with Crippen LogP contribution < -0.4 is 0 Å². The molecule has 0 aromatic rings. The fourth-order valence-electron chi connectivity index (χ4n) is 0.0452. The summed E-state index contributed by atoms with van der Waals surface area (Å²) < 4.78 is 1.08. The molecule has 0 saturated heterocycles. The molecule has 7 heavy (non-hydrogen) atoms. The van der Waals surface area contributed by atoms with Crippen molar-refractivity contribution in [1.82, 2.24) is 2.95 Å². The Bertz CT molecular complexity index is 76.1. The van der Waals surface area contributed by atoms with Gasteiger partial charge in [-0.25, -0.2) is 2.95 Å². The lowest BCUT2D eigenvalue weighted by Crippen LogP contribution is -2.10. The van der Waals surface area contributed by atoms with Gasteiger partial charge in [0.2, 0.25) is 0 Å². The fraction of sp³-hybridized carbons (Fsp3) is 0.500. The molecule has 0 aliphatic carbocycles. The molecule has 0 unspecified atom stereocenters. The monoisotopic (exact) mass is 249 g/mol. The summed E-state index contributed by atoms with van der Waals surface area (Å²) in [5.74, 6) is -0.238. The van der Waals surface area contributed by atoms with Crippen LogP contribution in [0.2, 0.25) is 0 Å². The third kappa shape index (κ3) is 3.32. The number of hydrogen-bond acceptors (Lipinski definition) is 1. The van der Waals surface area contributed by atoms with E-state index in [9.17, 15) is 4.79 Å². The third-order valence-electron chi connectivity index (χ3n) is 0.303. The summed E-state index contributed by atoms with van der Waals surface area (Å²) in [6.07, 6.45) is 0. The zero-order valence-corrected chi connectivity index (χ0v) is 7.12. The number of hydrogen-bond donors (Lipinski definition) is 0. The Hall–Kier alpha value is 0.720. The zero-order chi connectivity index (χ0) is 5.86. The Morgan fingerprint density at radius 2 is 2.14 bits per heavy atom. The van der Waals surface area contributed by atoms with E-state index in [1.807, 2.05) is 0 Å². The molecule has 2 nitrogen and oxygen atoms in total. The van der Waals surface area contributed by atoms with Crippen LogP contribution in [-0.2, 0) is 4.79 Å². The highest BCUT2D eigenvalue weighted by atomic mass is 79.9. The number of carbonyl (C=O) groups is 1. The first-order valence-corrected chi connectivity index (χ1v) is 3.34. The lowest BCUT2D eigenvalue weighted by atomic mass is 10.8. The van der Waals surface area contributed by atoms with E-state index in [4.69, 9.17) is 11.6 Å². The third-order valence-corrected chi connectivity index (χ3v) is 1.32. The van der Waals surface area contributed by atoms with Crippen molar-refractivity contribution in [2.75, 3.05) is 5.88 Å². The smallest absolute Gasteiger partial charge is 0.257 e. The lowest BCUT2D eigenvalue weighted by molar-refractivity contribution is -0.119. The minimum atomic E-state index is -0.221. The van der Waals surface area contributed by atoms with Gasteiger partial charge in [0.05, 0.1) is 32.3 Å². The van der Waals surface area contributed by atoms with Gasteiger partial charge in [-0.15, -0.1) is 11.6 Å². The molecule has 1 amide bonds. The molecule has 0 fully saturated rings. The second-order valence-corrected chi connectivity index (χ2v) is 3.40. The Morgan fingerprint density at radius 3 is 2.14 bits per heavy atom. The molecule has 0 aromatic carbocycles. The Labute approximate surface area is 63.5 Å². The van der Waals surface area contributed by atoms with Crippen molar-refractivity contribution in [1.29, 1.82) is 0 Å². The van der Waals surface area contributed by atoms with Gasteiger partial charge in [0, 0.05) is 0 Å². The molecule has 0 radical (unpaired) electrons. The topological polar surface area (TPSA) is 20.3 Å². The number of rotatable bonds is 1. The summed E-state index contributed by atoms with van der Waals surface area (Å²) in [5, 5.41) is 0. The van der Waals surface area contributed by atoms with E-state index in [1.165, 1.54) is 0 Å². The van der Waals surface area contributed by atoms with Crippen LogP contribution in [0, 0.1) is 0 Å². The summed E-state index contributed by atoms with van der Waals surface area (Å²) in [6, 6.07) is 0. The summed E-state index contributed by atoms with van der Waals surface area (Å²) in [6.45, 7) is 0. The molecule has 0 aliphatic heterocycles. The van der Waals surface area contributed by atoms with Gasteiger partial charge in [0.25, 0.3) is 5.91 Å². The second-order valence-electron chi connectivity index (χ2n) is 0.760. The van der Waals surface area contributed by atoms with E-state index < -0.39 is 0 Å². The second kappa shape index (κ2) is 3.69. The first-order valence-electron chi connectivity index (χ1n) is 1.39. The van der Waals surface area contributed by atoms with E-state index in [1.54, 1.807) is 0 Å². The van der Waals surface area contributed by atoms with Gasteiger partial charge in [-0.2, -0.15) is 0 Å². The first-order chi connectivity index (χ1) is 3.18. The summed E-state index contributed by atoms with van der Waals surface area (Å²) >= 11 is 10.7. The normalized spacial score (nSPS) is 8.43. The van der Waals surface area contributed by atoms with Gasteiger partial charge in [-0.3, -0.25) is 4.79 Å². The van der Waals surface area contributed by atoms with E-state index in [2.05, 4.69) is 32.3 Å². The highest BCUT2D eigenvalue weighted by Gasteiger charge is 2.01. The molecule has 0 rings (SSSR count). The largest absolute Gasteiger partial charge is 0.272 e. The van der Waals surface area contributed by atoms with Gasteiger partial charge in [0.1, 0.15) is 5.88 Å². The molecule has 0 heterocycles. The van der Waals surface area contributed by atoms with E-state index in [-0.39, 0.29) is 11.8 Å². The van der Waals surface area contributed by atoms with E-state index in [0.29, 0.717) is 0 Å². The van der Waals surface area contributed by atoms with Crippen molar-refractivity contribution in [2.45, 2.75) is 0 Å². The van der Waals surface area contributed by atoms with Crippen molar-refractivity contribution in [3.05, 3.63) is 0 Å². The molecule has 0 saturated carbocycles. The molecule has 42 valence electrons. The van der Waals surface area contributed by atoms with Crippen LogP contribution in [-0.4, -0.2) is 14.7 Å². The number of carbonyl (C=O) groups excluding carboxylic acids is 1. The van der Waals surface area contributed by atoms with Crippen LogP contribution in [0.25, 0.3) is 0 Å². The average Bonchev–Trinajstić information content (AvgIpc) is 1.65. The standard InChI is InChI=1S/C2H2Br2ClNO/c3-6(4)2(7)1-5/h1H2. The van der Waals surface area contributed by atoms with Crippen molar-refractivity contribution in [3.63, 3.8) is 0 Å². The molecule has 0 aromatic heterocycles. The number of amides is 1. The van der Waals surface area contributed by atoms with Gasteiger partial charge in [-0.05, 0) is 0 Å². The fourth-order valence-corrected chi connectivity index (χ4v) is 0.704. The quantitative estimate of drug-likeness (QED) is 0.513. The van der Waals surface area contributed by atoms with E-state index >= 15 is 0 Å². The van der Waals surface area contributed by atoms with Crippen LogP contribution in [0.5, 0.6) is 0 Å². The predicted molar refractivity (Wildman–Crippen MR) is 35.4 cm³/mol. The molecular weight excluding hydrogens is 249 g/mol. The molecule has 0 N–H and O–H groups in total. The van der Waals surface area contributed by atoms with Gasteiger partial charge in [-0.1, -0.05) is 0 Å². The Kier molecular flexibility index (Phi) is 4.07. The first kappa shape index (κ1) is 7.72. The number of alkyl halides is 1. The zero-order valence-electron chi connectivity index (χ0n) is 3.20. The minimum absolute atomic E-state index is 0.0174. The van der Waals surface area contributed by atoms with Crippen molar-refractivity contribution in [2.24, 2.45) is 0 Å². The van der Waals surface area contributed by atoms with Crippen LogP contribution in [0.15, 0.2) is 0 Å². The van der Waals surface area contributed by atoms with Gasteiger partial charge < -0.3 is 0 Å². The molecule has 0 aliphatic rings. The maximum absolute atomic E-state index is 10.2. The van der Waals surface area contributed by atoms with Crippen molar-refractivity contribution >= 4 is 49.8 Å². The summed E-state index contributed by atoms with van der Waals surface area (Å²) in [4.78, 5) is 10.2. The molecule has 0 spiro atoms. The van der Waals surface area contributed by atoms with E-state index in [0.717, 1.165) is 2.95 Å². The summed E-state index contributed by atoms with van der Waals surface area (Å²) in [5.41, 5.74) is 0. The highest BCUT2D eigenvalue weighted by Crippen LogP contribution is 2.05. The average molecular weight is 251 g/mol.